The van der Waals surface area contributed by atoms with Crippen LogP contribution >= 0.6 is 23.2 Å². The molecule has 1 fully saturated rings. The Kier molecular flexibility index (Phi) is 6.78. The second kappa shape index (κ2) is 8.95. The van der Waals surface area contributed by atoms with Crippen molar-refractivity contribution < 1.29 is 22.0 Å². The molecular weight excluding hydrogens is 445 g/mol. The first-order valence-electron chi connectivity index (χ1n) is 8.84. The molecule has 1 aliphatic rings. The third-order valence-corrected chi connectivity index (χ3v) is 7.24. The van der Waals surface area contributed by atoms with Crippen LogP contribution < -0.4 is 5.32 Å². The van der Waals surface area contributed by atoms with Crippen LogP contribution in [0.2, 0.25) is 10.0 Å². The Morgan fingerprint density at radius 1 is 1.07 bits per heavy atom. The van der Waals surface area contributed by atoms with Gasteiger partial charge in [-0.3, -0.25) is 4.79 Å². The molecule has 1 amide bonds. The Labute approximate surface area is 177 Å². The zero-order valence-electron chi connectivity index (χ0n) is 15.2. The summed E-state index contributed by atoms with van der Waals surface area (Å²) in [6, 6.07) is 7.87. The fourth-order valence-electron chi connectivity index (χ4n) is 3.16. The molecule has 0 bridgehead atoms. The number of anilines is 1. The van der Waals surface area contributed by atoms with E-state index in [0.717, 1.165) is 12.1 Å². The second-order valence-corrected chi connectivity index (χ2v) is 9.53. The summed E-state index contributed by atoms with van der Waals surface area (Å²) in [5, 5.41) is 2.62. The molecular formula is C19H18Cl2F2N2O3S. The van der Waals surface area contributed by atoms with E-state index in [4.69, 9.17) is 23.2 Å². The maximum absolute atomic E-state index is 13.9. The van der Waals surface area contributed by atoms with E-state index in [1.807, 2.05) is 0 Å². The molecule has 3 rings (SSSR count). The van der Waals surface area contributed by atoms with E-state index in [0.29, 0.717) is 18.5 Å². The number of sulfonamides is 1. The molecule has 10 heteroatoms. The van der Waals surface area contributed by atoms with Gasteiger partial charge >= 0.3 is 0 Å². The number of hydrogen-bond donors (Lipinski definition) is 1. The van der Waals surface area contributed by atoms with Crippen molar-refractivity contribution in [1.29, 1.82) is 0 Å². The van der Waals surface area contributed by atoms with Crippen LogP contribution in [0.25, 0.3) is 0 Å². The van der Waals surface area contributed by atoms with E-state index in [-0.39, 0.29) is 34.6 Å². The van der Waals surface area contributed by atoms with Crippen LogP contribution in [0.1, 0.15) is 18.4 Å². The lowest BCUT2D eigenvalue weighted by molar-refractivity contribution is -0.120. The molecule has 0 atom stereocenters. The highest BCUT2D eigenvalue weighted by Gasteiger charge is 2.32. The molecule has 0 aromatic heterocycles. The van der Waals surface area contributed by atoms with E-state index >= 15 is 0 Å². The molecule has 0 radical (unpaired) electrons. The second-order valence-electron chi connectivity index (χ2n) is 6.75. The smallest absolute Gasteiger partial charge is 0.227 e. The molecule has 1 aliphatic heterocycles. The van der Waals surface area contributed by atoms with Crippen LogP contribution in [0, 0.1) is 17.6 Å². The third kappa shape index (κ3) is 5.25. The van der Waals surface area contributed by atoms with Crippen molar-refractivity contribution in [2.45, 2.75) is 18.6 Å². The fraction of sp³-hybridized carbons (Fsp3) is 0.316. The number of amides is 1. The van der Waals surface area contributed by atoms with Crippen LogP contribution in [-0.2, 0) is 20.6 Å². The van der Waals surface area contributed by atoms with Crippen molar-refractivity contribution in [2.75, 3.05) is 18.4 Å². The van der Waals surface area contributed by atoms with Gasteiger partial charge in [0.15, 0.2) is 0 Å². The van der Waals surface area contributed by atoms with Gasteiger partial charge in [-0.25, -0.2) is 21.5 Å². The highest BCUT2D eigenvalue weighted by atomic mass is 35.5. The molecule has 0 unspecified atom stereocenters. The predicted octanol–water partition coefficient (Wildman–Crippen LogP) is 4.45. The normalized spacial score (nSPS) is 16.0. The minimum absolute atomic E-state index is 0.0563. The van der Waals surface area contributed by atoms with E-state index in [9.17, 15) is 22.0 Å². The van der Waals surface area contributed by atoms with Crippen LogP contribution in [0.15, 0.2) is 36.4 Å². The van der Waals surface area contributed by atoms with Crippen LogP contribution in [0.3, 0.4) is 0 Å². The molecule has 2 aromatic carbocycles. The summed E-state index contributed by atoms with van der Waals surface area (Å²) < 4.78 is 53.7. The number of benzene rings is 2. The van der Waals surface area contributed by atoms with Gasteiger partial charge in [-0.15, -0.1) is 0 Å². The predicted molar refractivity (Wildman–Crippen MR) is 108 cm³/mol. The molecule has 156 valence electrons. The summed E-state index contributed by atoms with van der Waals surface area (Å²) in [4.78, 5) is 12.4. The first-order valence-corrected chi connectivity index (χ1v) is 11.2. The molecule has 2 aromatic rings. The van der Waals surface area contributed by atoms with Gasteiger partial charge in [0.05, 0.1) is 10.8 Å². The number of piperidine rings is 1. The Morgan fingerprint density at radius 2 is 1.76 bits per heavy atom. The number of carbonyl (C=O) groups is 1. The van der Waals surface area contributed by atoms with Gasteiger partial charge in [-0.05, 0) is 43.2 Å². The summed E-state index contributed by atoms with van der Waals surface area (Å²) in [5.41, 5.74) is 0.299. The lowest BCUT2D eigenvalue weighted by Gasteiger charge is -2.30. The minimum Gasteiger partial charge on any atom is -0.326 e. The summed E-state index contributed by atoms with van der Waals surface area (Å²) >= 11 is 11.6. The topological polar surface area (TPSA) is 66.5 Å². The molecule has 1 saturated heterocycles. The molecule has 29 heavy (non-hydrogen) atoms. The Balaban J connectivity index is 1.60. The first kappa shape index (κ1) is 22.0. The van der Waals surface area contributed by atoms with E-state index in [1.165, 1.54) is 28.6 Å². The van der Waals surface area contributed by atoms with Gasteiger partial charge < -0.3 is 5.32 Å². The van der Waals surface area contributed by atoms with Crippen molar-refractivity contribution in [3.63, 3.8) is 0 Å². The van der Waals surface area contributed by atoms with Crippen molar-refractivity contribution in [3.8, 4) is 0 Å². The zero-order valence-corrected chi connectivity index (χ0v) is 17.5. The number of rotatable bonds is 5. The van der Waals surface area contributed by atoms with Crippen molar-refractivity contribution in [2.24, 2.45) is 5.92 Å². The molecule has 0 spiro atoms. The zero-order chi connectivity index (χ0) is 21.2. The Hall–Kier alpha value is -1.74. The number of nitrogens with zero attached hydrogens (tertiary/aromatic N) is 1. The summed E-state index contributed by atoms with van der Waals surface area (Å²) in [5.74, 6) is -2.49. The standard InChI is InChI=1S/C19H18Cl2F2N2O3S/c20-15-2-1-3-17(22)14(15)11-29(27,28)25-8-6-12(7-9-25)19(26)24-13-4-5-18(23)16(21)10-13/h1-5,10,12H,6-9,11H2,(H,24,26). The maximum Gasteiger partial charge on any atom is 0.227 e. The average molecular weight is 463 g/mol. The van der Waals surface area contributed by atoms with Crippen molar-refractivity contribution >= 4 is 44.8 Å². The molecule has 1 heterocycles. The molecule has 1 N–H and O–H groups in total. The quantitative estimate of drug-likeness (QED) is 0.713. The lowest BCUT2D eigenvalue weighted by atomic mass is 9.97. The number of hydrogen-bond acceptors (Lipinski definition) is 3. The SMILES string of the molecule is O=C(Nc1ccc(F)c(Cl)c1)C1CCN(S(=O)(=O)Cc2c(F)cccc2Cl)CC1. The van der Waals surface area contributed by atoms with E-state index < -0.39 is 33.3 Å². The van der Waals surface area contributed by atoms with Crippen molar-refractivity contribution in [1.82, 2.24) is 4.31 Å². The minimum atomic E-state index is -3.78. The van der Waals surface area contributed by atoms with Gasteiger partial charge in [-0.1, -0.05) is 29.3 Å². The third-order valence-electron chi connectivity index (χ3n) is 4.79. The fourth-order valence-corrected chi connectivity index (χ4v) is 5.26. The summed E-state index contributed by atoms with van der Waals surface area (Å²) in [6.45, 7) is 0.271. The Morgan fingerprint density at radius 3 is 2.38 bits per heavy atom. The monoisotopic (exact) mass is 462 g/mol. The van der Waals surface area contributed by atoms with Gasteiger partial charge in [0, 0.05) is 35.3 Å². The van der Waals surface area contributed by atoms with Crippen LogP contribution in [0.4, 0.5) is 14.5 Å². The molecule has 0 saturated carbocycles. The summed E-state index contributed by atoms with van der Waals surface area (Å²) in [7, 11) is -3.78. The first-order chi connectivity index (χ1) is 13.7. The average Bonchev–Trinajstić information content (AvgIpc) is 2.68. The van der Waals surface area contributed by atoms with E-state index in [2.05, 4.69) is 5.32 Å². The summed E-state index contributed by atoms with van der Waals surface area (Å²) in [6.07, 6.45) is 0.621. The Bertz CT molecular complexity index is 1010. The lowest BCUT2D eigenvalue weighted by Crippen LogP contribution is -2.42. The largest absolute Gasteiger partial charge is 0.326 e. The highest BCUT2D eigenvalue weighted by Crippen LogP contribution is 2.27. The van der Waals surface area contributed by atoms with E-state index in [1.54, 1.807) is 0 Å². The van der Waals surface area contributed by atoms with Gasteiger partial charge in [0.2, 0.25) is 15.9 Å². The van der Waals surface area contributed by atoms with Crippen LogP contribution in [-0.4, -0.2) is 31.7 Å². The molecule has 0 aliphatic carbocycles. The van der Waals surface area contributed by atoms with Gasteiger partial charge in [0.1, 0.15) is 11.6 Å². The molecule has 5 nitrogen and oxygen atoms in total. The highest BCUT2D eigenvalue weighted by molar-refractivity contribution is 7.88. The number of carbonyl (C=O) groups excluding carboxylic acids is 1. The number of halogens is 4. The van der Waals surface area contributed by atoms with Gasteiger partial charge in [-0.2, -0.15) is 0 Å². The number of nitrogens with one attached hydrogen (secondary N) is 1. The van der Waals surface area contributed by atoms with Gasteiger partial charge in [0.25, 0.3) is 0 Å². The maximum atomic E-state index is 13.9. The van der Waals surface area contributed by atoms with Crippen molar-refractivity contribution in [3.05, 3.63) is 63.6 Å². The van der Waals surface area contributed by atoms with Crippen LogP contribution in [0.5, 0.6) is 0 Å².